The molecule has 0 bridgehead atoms. The Kier molecular flexibility index (Phi) is 4.16. The summed E-state index contributed by atoms with van der Waals surface area (Å²) in [4.78, 5) is 27.0. The van der Waals surface area contributed by atoms with E-state index in [0.717, 1.165) is 6.42 Å². The molecule has 3 nitrogen and oxygen atoms in total. The van der Waals surface area contributed by atoms with E-state index >= 15 is 0 Å². The van der Waals surface area contributed by atoms with Gasteiger partial charge in [0.1, 0.15) is 5.78 Å². The number of carbonyl (C=O) groups is 2. The fourth-order valence-corrected chi connectivity index (χ4v) is 1.19. The van der Waals surface area contributed by atoms with E-state index in [-0.39, 0.29) is 23.9 Å². The van der Waals surface area contributed by atoms with Gasteiger partial charge in [-0.05, 0) is 18.6 Å². The van der Waals surface area contributed by atoms with Gasteiger partial charge in [-0.1, -0.05) is 13.8 Å². The van der Waals surface area contributed by atoms with Crippen molar-refractivity contribution in [2.75, 3.05) is 0 Å². The molecular formula is C12H15NO2. The van der Waals surface area contributed by atoms with Crippen molar-refractivity contribution >= 4 is 11.6 Å². The number of hydrogen-bond acceptors (Lipinski definition) is 3. The number of Topliss-reactive ketones (excluding diaryl/α,β-unsaturated/α-hetero) is 2. The molecule has 1 unspecified atom stereocenters. The molecule has 0 N–H and O–H groups in total. The van der Waals surface area contributed by atoms with E-state index in [1.54, 1.807) is 18.3 Å². The van der Waals surface area contributed by atoms with E-state index in [0.29, 0.717) is 5.56 Å². The van der Waals surface area contributed by atoms with Crippen LogP contribution in [0.3, 0.4) is 0 Å². The summed E-state index contributed by atoms with van der Waals surface area (Å²) >= 11 is 0. The maximum absolute atomic E-state index is 11.6. The third kappa shape index (κ3) is 3.27. The summed E-state index contributed by atoms with van der Waals surface area (Å²) in [5, 5.41) is 0. The summed E-state index contributed by atoms with van der Waals surface area (Å²) in [5.74, 6) is -0.176. The van der Waals surface area contributed by atoms with Crippen molar-refractivity contribution in [1.29, 1.82) is 0 Å². The van der Waals surface area contributed by atoms with Gasteiger partial charge in [-0.15, -0.1) is 0 Å². The van der Waals surface area contributed by atoms with Gasteiger partial charge < -0.3 is 0 Å². The Balaban J connectivity index is 2.61. The molecule has 1 aromatic rings. The molecule has 0 saturated heterocycles. The van der Waals surface area contributed by atoms with E-state index in [2.05, 4.69) is 4.98 Å². The van der Waals surface area contributed by atoms with Crippen LogP contribution in [-0.4, -0.2) is 16.6 Å². The van der Waals surface area contributed by atoms with Crippen molar-refractivity contribution in [1.82, 2.24) is 4.98 Å². The molecule has 15 heavy (non-hydrogen) atoms. The topological polar surface area (TPSA) is 47.0 Å². The van der Waals surface area contributed by atoms with Gasteiger partial charge in [-0.3, -0.25) is 14.6 Å². The number of ketones is 2. The van der Waals surface area contributed by atoms with Crippen LogP contribution in [0.25, 0.3) is 0 Å². The second kappa shape index (κ2) is 5.39. The third-order valence-electron chi connectivity index (χ3n) is 2.48. The highest BCUT2D eigenvalue weighted by Crippen LogP contribution is 2.09. The predicted molar refractivity (Wildman–Crippen MR) is 57.6 cm³/mol. The lowest BCUT2D eigenvalue weighted by atomic mass is 9.97. The molecule has 80 valence electrons. The lowest BCUT2D eigenvalue weighted by molar-refractivity contribution is -0.121. The van der Waals surface area contributed by atoms with Crippen LogP contribution in [0.2, 0.25) is 0 Å². The Morgan fingerprint density at radius 1 is 1.47 bits per heavy atom. The predicted octanol–water partition coefficient (Wildman–Crippen LogP) is 2.27. The number of hydrogen-bond donors (Lipinski definition) is 0. The molecule has 0 amide bonds. The fraction of sp³-hybridized carbons (Fsp3) is 0.417. The molecule has 0 saturated carbocycles. The average Bonchev–Trinajstić information content (AvgIpc) is 2.29. The zero-order valence-electron chi connectivity index (χ0n) is 9.06. The van der Waals surface area contributed by atoms with Crippen LogP contribution < -0.4 is 0 Å². The maximum atomic E-state index is 11.6. The molecule has 3 heteroatoms. The molecule has 1 atom stereocenters. The normalized spacial score (nSPS) is 12.1. The molecule has 1 rings (SSSR count). The van der Waals surface area contributed by atoms with Crippen molar-refractivity contribution in [3.05, 3.63) is 30.1 Å². The number of rotatable bonds is 5. The molecule has 0 aliphatic carbocycles. The molecule has 0 fully saturated rings. The molecule has 1 heterocycles. The van der Waals surface area contributed by atoms with Gasteiger partial charge in [0.2, 0.25) is 0 Å². The Bertz CT molecular complexity index is 346. The summed E-state index contributed by atoms with van der Waals surface area (Å²) in [7, 11) is 0. The first-order chi connectivity index (χ1) is 7.15. The van der Waals surface area contributed by atoms with Crippen molar-refractivity contribution in [2.24, 2.45) is 5.92 Å². The zero-order chi connectivity index (χ0) is 11.3. The minimum Gasteiger partial charge on any atom is -0.299 e. The smallest absolute Gasteiger partial charge is 0.171 e. The van der Waals surface area contributed by atoms with Gasteiger partial charge in [0.25, 0.3) is 0 Å². The molecular weight excluding hydrogens is 190 g/mol. The zero-order valence-corrected chi connectivity index (χ0v) is 9.06. The highest BCUT2D eigenvalue weighted by atomic mass is 16.1. The van der Waals surface area contributed by atoms with Gasteiger partial charge >= 0.3 is 0 Å². The van der Waals surface area contributed by atoms with Crippen LogP contribution >= 0.6 is 0 Å². The highest BCUT2D eigenvalue weighted by molar-refractivity contribution is 6.08. The van der Waals surface area contributed by atoms with Gasteiger partial charge in [0.15, 0.2) is 5.78 Å². The Hall–Kier alpha value is -1.51. The minimum absolute atomic E-state index is 0.00588. The second-order valence-electron chi connectivity index (χ2n) is 3.62. The number of aromatic nitrogens is 1. The number of nitrogens with zero attached hydrogens (tertiary/aromatic N) is 1. The standard InChI is InChI=1S/C12H15NO2/c1-3-9(2)11(14)7-12(15)10-5-4-6-13-8-10/h4-6,8-9H,3,7H2,1-2H3. The quantitative estimate of drug-likeness (QED) is 0.547. The van der Waals surface area contributed by atoms with Crippen LogP contribution in [0.15, 0.2) is 24.5 Å². The molecule has 0 aliphatic rings. The Morgan fingerprint density at radius 2 is 2.20 bits per heavy atom. The van der Waals surface area contributed by atoms with E-state index in [9.17, 15) is 9.59 Å². The monoisotopic (exact) mass is 205 g/mol. The Morgan fingerprint density at radius 3 is 2.73 bits per heavy atom. The van der Waals surface area contributed by atoms with Crippen molar-refractivity contribution in [2.45, 2.75) is 26.7 Å². The summed E-state index contributed by atoms with van der Waals surface area (Å²) < 4.78 is 0. The van der Waals surface area contributed by atoms with E-state index in [1.165, 1.54) is 6.20 Å². The molecule has 0 radical (unpaired) electrons. The van der Waals surface area contributed by atoms with E-state index in [4.69, 9.17) is 0 Å². The number of carbonyl (C=O) groups excluding carboxylic acids is 2. The number of pyridine rings is 1. The third-order valence-corrected chi connectivity index (χ3v) is 2.48. The lowest BCUT2D eigenvalue weighted by Gasteiger charge is -2.05. The molecule has 1 aromatic heterocycles. The second-order valence-corrected chi connectivity index (χ2v) is 3.62. The largest absolute Gasteiger partial charge is 0.299 e. The van der Waals surface area contributed by atoms with Gasteiger partial charge in [-0.2, -0.15) is 0 Å². The van der Waals surface area contributed by atoms with Gasteiger partial charge in [-0.25, -0.2) is 0 Å². The van der Waals surface area contributed by atoms with Crippen molar-refractivity contribution < 1.29 is 9.59 Å². The first kappa shape index (κ1) is 11.6. The summed E-state index contributed by atoms with van der Waals surface area (Å²) in [6.07, 6.45) is 3.86. The van der Waals surface area contributed by atoms with Crippen molar-refractivity contribution in [3.63, 3.8) is 0 Å². The van der Waals surface area contributed by atoms with Crippen molar-refractivity contribution in [3.8, 4) is 0 Å². The SMILES string of the molecule is CCC(C)C(=O)CC(=O)c1cccnc1. The summed E-state index contributed by atoms with van der Waals surface area (Å²) in [6, 6.07) is 3.38. The average molecular weight is 205 g/mol. The maximum Gasteiger partial charge on any atom is 0.171 e. The summed E-state index contributed by atoms with van der Waals surface area (Å²) in [5.41, 5.74) is 0.508. The van der Waals surface area contributed by atoms with Crippen LogP contribution in [0.5, 0.6) is 0 Å². The molecule has 0 spiro atoms. The molecule has 0 aliphatic heterocycles. The first-order valence-corrected chi connectivity index (χ1v) is 5.11. The fourth-order valence-electron chi connectivity index (χ4n) is 1.19. The highest BCUT2D eigenvalue weighted by Gasteiger charge is 2.16. The van der Waals surface area contributed by atoms with Crippen LogP contribution in [-0.2, 0) is 4.79 Å². The lowest BCUT2D eigenvalue weighted by Crippen LogP contribution is -2.15. The Labute approximate surface area is 89.5 Å². The van der Waals surface area contributed by atoms with Crippen LogP contribution in [0.4, 0.5) is 0 Å². The first-order valence-electron chi connectivity index (χ1n) is 5.11. The van der Waals surface area contributed by atoms with Gasteiger partial charge in [0, 0.05) is 23.9 Å². The van der Waals surface area contributed by atoms with E-state index in [1.807, 2.05) is 13.8 Å². The van der Waals surface area contributed by atoms with Crippen LogP contribution in [0.1, 0.15) is 37.0 Å². The van der Waals surface area contributed by atoms with E-state index < -0.39 is 0 Å². The minimum atomic E-state index is -0.145. The van der Waals surface area contributed by atoms with Crippen LogP contribution in [0, 0.1) is 5.92 Å². The molecule has 0 aromatic carbocycles. The summed E-state index contributed by atoms with van der Waals surface area (Å²) in [6.45, 7) is 3.79. The van der Waals surface area contributed by atoms with Gasteiger partial charge in [0.05, 0.1) is 6.42 Å².